The first-order chi connectivity index (χ1) is 23.7. The molecule has 0 unspecified atom stereocenters. The van der Waals surface area contributed by atoms with E-state index in [2.05, 4.69) is 110 Å². The summed E-state index contributed by atoms with van der Waals surface area (Å²) >= 11 is 0. The van der Waals surface area contributed by atoms with Crippen molar-refractivity contribution >= 4 is 32.8 Å². The minimum Gasteiger partial charge on any atom is -0.514 e. The summed E-state index contributed by atoms with van der Waals surface area (Å²) in [5.41, 5.74) is 9.25. The first-order valence-corrected chi connectivity index (χ1v) is 17.0. The van der Waals surface area contributed by atoms with E-state index < -0.39 is 5.41 Å². The van der Waals surface area contributed by atoms with E-state index >= 15 is 0 Å². The number of aromatic nitrogens is 4. The molecule has 250 valence electrons. The van der Waals surface area contributed by atoms with E-state index in [0.717, 1.165) is 61.3 Å². The Hall–Kier alpha value is -4.93. The molecule has 0 aliphatic heterocycles. The predicted octanol–water partition coefficient (Wildman–Crippen LogP) is 11.1. The molecule has 0 saturated carbocycles. The van der Waals surface area contributed by atoms with Crippen molar-refractivity contribution in [2.24, 2.45) is 0 Å². The fraction of sp³-hybridized carbons (Fsp3) is 0.209. The number of furan rings is 1. The molecule has 8 aromatic rings. The quantitative estimate of drug-likeness (QED) is 0.157. The normalized spacial score (nSPS) is 13.4. The van der Waals surface area contributed by atoms with Crippen molar-refractivity contribution in [2.45, 2.75) is 58.8 Å². The number of rotatable bonds is 6. The van der Waals surface area contributed by atoms with Crippen molar-refractivity contribution < 1.29 is 30.2 Å². The number of hydrogen-bond acceptors (Lipinski definition) is 4. The molecule has 0 amide bonds. The van der Waals surface area contributed by atoms with Crippen molar-refractivity contribution in [3.05, 3.63) is 132 Å². The van der Waals surface area contributed by atoms with Crippen LogP contribution in [0.25, 0.3) is 55.5 Å². The first kappa shape index (κ1) is 32.3. The molecular weight excluding hydrogens is 800 g/mol. The number of hydrogen-bond donors (Lipinski definition) is 0. The second-order valence-electron chi connectivity index (χ2n) is 14.1. The Kier molecular flexibility index (Phi) is 7.65. The zero-order valence-electron chi connectivity index (χ0n) is 28.8. The van der Waals surface area contributed by atoms with Crippen LogP contribution in [0.2, 0.25) is 0 Å². The van der Waals surface area contributed by atoms with Gasteiger partial charge < -0.3 is 18.3 Å². The monoisotopic (exact) mass is 835 g/mol. The van der Waals surface area contributed by atoms with Crippen LogP contribution in [0.3, 0.4) is 0 Å². The van der Waals surface area contributed by atoms with E-state index in [1.54, 1.807) is 0 Å². The Morgan fingerprint density at radius 1 is 0.760 bits per heavy atom. The van der Waals surface area contributed by atoms with Gasteiger partial charge in [0.25, 0.3) is 0 Å². The fourth-order valence-corrected chi connectivity index (χ4v) is 7.70. The predicted molar refractivity (Wildman–Crippen MR) is 195 cm³/mol. The van der Waals surface area contributed by atoms with Crippen LogP contribution < -0.4 is 4.74 Å². The molecule has 7 heteroatoms. The molecule has 4 aromatic carbocycles. The Morgan fingerprint density at radius 2 is 1.48 bits per heavy atom. The van der Waals surface area contributed by atoms with Gasteiger partial charge in [-0.1, -0.05) is 99.3 Å². The molecule has 0 atom stereocenters. The van der Waals surface area contributed by atoms with Crippen molar-refractivity contribution in [3.63, 3.8) is 0 Å². The van der Waals surface area contributed by atoms with Crippen molar-refractivity contribution in [2.75, 3.05) is 0 Å². The van der Waals surface area contributed by atoms with Gasteiger partial charge in [-0.3, -0.25) is 0 Å². The summed E-state index contributed by atoms with van der Waals surface area (Å²) < 4.78 is 17.6. The molecule has 4 aromatic heterocycles. The van der Waals surface area contributed by atoms with Gasteiger partial charge in [-0.2, -0.15) is 6.07 Å². The second-order valence-corrected chi connectivity index (χ2v) is 14.1. The zero-order valence-corrected chi connectivity index (χ0v) is 31.1. The Morgan fingerprint density at radius 3 is 2.22 bits per heavy atom. The molecule has 50 heavy (non-hydrogen) atoms. The Labute approximate surface area is 306 Å². The van der Waals surface area contributed by atoms with Crippen LogP contribution in [0.4, 0.5) is 0 Å². The number of benzene rings is 4. The maximum atomic E-state index is 6.62. The summed E-state index contributed by atoms with van der Waals surface area (Å²) in [6.07, 6.45) is 3.80. The van der Waals surface area contributed by atoms with Gasteiger partial charge in [-0.05, 0) is 66.0 Å². The van der Waals surface area contributed by atoms with E-state index in [1.165, 1.54) is 16.8 Å². The molecule has 0 radical (unpaired) electrons. The van der Waals surface area contributed by atoms with Crippen LogP contribution >= 0.6 is 0 Å². The first-order valence-electron chi connectivity index (χ1n) is 17.0. The van der Waals surface area contributed by atoms with Gasteiger partial charge in [0.15, 0.2) is 0 Å². The zero-order chi connectivity index (χ0) is 33.6. The van der Waals surface area contributed by atoms with Crippen molar-refractivity contribution in [3.8, 4) is 34.3 Å². The van der Waals surface area contributed by atoms with Gasteiger partial charge >= 0.3 is 21.1 Å². The smallest absolute Gasteiger partial charge is 0.514 e. The van der Waals surface area contributed by atoms with Crippen molar-refractivity contribution in [1.29, 1.82) is 0 Å². The van der Waals surface area contributed by atoms with Gasteiger partial charge in [0, 0.05) is 28.8 Å². The van der Waals surface area contributed by atoms with E-state index in [-0.39, 0.29) is 21.1 Å². The number of pyridine rings is 1. The third kappa shape index (κ3) is 4.72. The Bertz CT molecular complexity index is 2550. The maximum Gasteiger partial charge on any atom is 2.00 e. The van der Waals surface area contributed by atoms with E-state index in [9.17, 15) is 0 Å². The third-order valence-electron chi connectivity index (χ3n) is 9.97. The molecule has 0 fully saturated rings. The van der Waals surface area contributed by atoms with Gasteiger partial charge in [0.05, 0.1) is 34.6 Å². The summed E-state index contributed by atoms with van der Waals surface area (Å²) in [4.78, 5) is 9.72. The molecule has 0 spiro atoms. The topological polar surface area (TPSA) is 58.0 Å². The largest absolute Gasteiger partial charge is 2.00 e. The molecule has 6 nitrogen and oxygen atoms in total. The summed E-state index contributed by atoms with van der Waals surface area (Å²) in [5.74, 6) is 3.65. The van der Waals surface area contributed by atoms with Gasteiger partial charge in [0.1, 0.15) is 5.82 Å². The van der Waals surface area contributed by atoms with Gasteiger partial charge in [-0.25, -0.2) is 9.97 Å². The third-order valence-corrected chi connectivity index (χ3v) is 9.97. The second kappa shape index (κ2) is 11.8. The minimum absolute atomic E-state index is 0. The summed E-state index contributed by atoms with van der Waals surface area (Å²) in [6.45, 7) is 13.5. The molecule has 4 heterocycles. The average Bonchev–Trinajstić information content (AvgIpc) is 3.84. The van der Waals surface area contributed by atoms with Gasteiger partial charge in [-0.15, -0.1) is 17.5 Å². The number of para-hydroxylation sites is 2. The molecule has 9 rings (SSSR count). The van der Waals surface area contributed by atoms with Crippen LogP contribution in [-0.2, 0) is 26.5 Å². The SMILES string of the molecule is CC(C)c1cccc(C(C)C)c1-n1cnc2c1C(C)(C)c1oc3ccc(Oc4[c-]c5c(cc4)c4ccccc4n5-c4ccccn4)[c-]c3c1-2.[Pt+2]. The molecule has 1 aliphatic carbocycles. The van der Waals surface area contributed by atoms with Crippen LogP contribution in [-0.4, -0.2) is 19.1 Å². The fourth-order valence-electron chi connectivity index (χ4n) is 7.70. The van der Waals surface area contributed by atoms with Crippen LogP contribution in [0.15, 0.2) is 102 Å². The van der Waals surface area contributed by atoms with E-state index in [4.69, 9.17) is 14.1 Å². The minimum atomic E-state index is -0.412. The average molecular weight is 836 g/mol. The standard InChI is InChI=1S/C43H36N4O2.Pt/c1-25(2)29-13-11-14-30(26(3)4)40(29)46-24-45-39-38-33-22-27(18-20-36(33)49-42(38)43(5,6)41(39)46)48-28-17-19-32-31-12-7-8-15-34(31)47(35(32)23-28)37-16-9-10-21-44-37;/h7-21,24-26H,1-6H3;/q-2;+2. The van der Waals surface area contributed by atoms with Gasteiger partial charge in [0.2, 0.25) is 0 Å². The molecule has 0 saturated heterocycles. The number of nitrogens with zero attached hydrogens (tertiary/aromatic N) is 4. The molecule has 1 aliphatic rings. The molecule has 0 bridgehead atoms. The number of ether oxygens (including phenoxy) is 1. The molecular formula is C43H36N4O2Pt. The van der Waals surface area contributed by atoms with Crippen LogP contribution in [0.5, 0.6) is 11.5 Å². The number of imidazole rings is 1. The van der Waals surface area contributed by atoms with E-state index in [0.29, 0.717) is 23.3 Å². The maximum absolute atomic E-state index is 6.62. The number of fused-ring (bicyclic) bond motifs is 8. The summed E-state index contributed by atoms with van der Waals surface area (Å²) in [5, 5.41) is 3.10. The van der Waals surface area contributed by atoms with E-state index in [1.807, 2.05) is 55.0 Å². The summed E-state index contributed by atoms with van der Waals surface area (Å²) in [6, 6.07) is 36.0. The molecule has 0 N–H and O–H groups in total. The van der Waals surface area contributed by atoms with Crippen LogP contribution in [0.1, 0.15) is 76.0 Å². The van der Waals surface area contributed by atoms with Crippen LogP contribution in [0, 0.1) is 12.1 Å². The van der Waals surface area contributed by atoms with Crippen molar-refractivity contribution in [1.82, 2.24) is 19.1 Å². The summed E-state index contributed by atoms with van der Waals surface area (Å²) in [7, 11) is 0. The Balaban J connectivity index is 0.00000361.